The van der Waals surface area contributed by atoms with Crippen LogP contribution in [0.5, 0.6) is 11.5 Å². The summed E-state index contributed by atoms with van der Waals surface area (Å²) in [6, 6.07) is 17.3. The quantitative estimate of drug-likeness (QED) is 0.210. The molecule has 0 bridgehead atoms. The van der Waals surface area contributed by atoms with Crippen molar-refractivity contribution in [3.63, 3.8) is 0 Å². The van der Waals surface area contributed by atoms with Crippen molar-refractivity contribution in [1.29, 1.82) is 0 Å². The normalized spacial score (nSPS) is 22.7. The number of carbonyl (C=O) groups is 4. The van der Waals surface area contributed by atoms with Crippen molar-refractivity contribution in [2.45, 2.75) is 31.3 Å². The molecule has 1 saturated carbocycles. The van der Waals surface area contributed by atoms with Gasteiger partial charge in [0.05, 0.1) is 12.7 Å². The van der Waals surface area contributed by atoms with Gasteiger partial charge in [-0.1, -0.05) is 30.3 Å². The molecule has 3 aromatic rings. The minimum Gasteiger partial charge on any atom is -0.508 e. The zero-order chi connectivity index (χ0) is 31.5. The van der Waals surface area contributed by atoms with E-state index in [1.807, 2.05) is 24.3 Å². The number of benzene rings is 3. The Morgan fingerprint density at radius 3 is 2.27 bits per heavy atom. The van der Waals surface area contributed by atoms with Gasteiger partial charge < -0.3 is 30.9 Å². The topological polar surface area (TPSA) is 184 Å². The number of Topliss-reactive ketones (excluding diaryl/α,β-unsaturated/α-hetero) is 3. The molecule has 0 heterocycles. The Labute approximate surface area is 251 Å². The first kappa shape index (κ1) is 28.9. The van der Waals surface area contributed by atoms with Gasteiger partial charge in [-0.15, -0.1) is 0 Å². The molecule has 0 radical (unpaired) electrons. The fraction of sp³-hybridized carbons (Fsp3) is 0.235. The monoisotopic (exact) mass is 595 g/mol. The highest BCUT2D eigenvalue weighted by molar-refractivity contribution is 6.22. The minimum absolute atomic E-state index is 0.0217. The van der Waals surface area contributed by atoms with Crippen LogP contribution in [0, 0.1) is 11.8 Å². The average molecular weight is 596 g/mol. The highest BCUT2D eigenvalue weighted by Gasteiger charge is 2.60. The number of carbonyl (C=O) groups excluding carboxylic acids is 4. The Morgan fingerprint density at radius 2 is 1.64 bits per heavy atom. The molecule has 6 N–H and O–H groups in total. The fourth-order valence-electron chi connectivity index (χ4n) is 6.76. The number of hydrogen-bond donors (Lipinski definition) is 5. The van der Waals surface area contributed by atoms with Gasteiger partial charge in [-0.25, -0.2) is 0 Å². The number of primary amides is 1. The van der Waals surface area contributed by atoms with Gasteiger partial charge in [0.15, 0.2) is 17.2 Å². The Bertz CT molecular complexity index is 1820. The number of fused-ring (bicyclic) bond motifs is 3. The van der Waals surface area contributed by atoms with Crippen molar-refractivity contribution >= 4 is 29.0 Å². The van der Waals surface area contributed by atoms with Crippen molar-refractivity contribution in [2.24, 2.45) is 17.6 Å². The van der Waals surface area contributed by atoms with Crippen LogP contribution in [-0.4, -0.2) is 56.4 Å². The predicted octanol–water partition coefficient (Wildman–Crippen LogP) is 3.52. The third kappa shape index (κ3) is 4.37. The van der Waals surface area contributed by atoms with E-state index in [0.29, 0.717) is 22.4 Å². The standard InChI is InChI=1S/C34H29NO9/c1-44-21-8-6-18(7-9-21)25(37)12-16-2-4-17(5-3-16)22-10-11-24(36)28-23(22)14-19-13-20-15-26(38)29(33(35)42)32(41)34(20,43)31(40)27(19)30(28)39/h2-11,19-20,36,39,41,43H,12-15H2,1H3,(H2,35,42). The maximum atomic E-state index is 13.7. The maximum absolute atomic E-state index is 13.7. The third-order valence-corrected chi connectivity index (χ3v) is 8.99. The molecule has 3 aliphatic carbocycles. The molecule has 224 valence electrons. The van der Waals surface area contributed by atoms with Gasteiger partial charge in [0, 0.05) is 29.9 Å². The second kappa shape index (κ2) is 10.5. The summed E-state index contributed by atoms with van der Waals surface area (Å²) >= 11 is 0. The predicted molar refractivity (Wildman–Crippen MR) is 158 cm³/mol. The van der Waals surface area contributed by atoms with Gasteiger partial charge in [0.1, 0.15) is 28.6 Å². The smallest absolute Gasteiger partial charge is 0.255 e. The lowest BCUT2D eigenvalue weighted by Gasteiger charge is -2.46. The molecule has 3 atom stereocenters. The Hall–Kier alpha value is -5.22. The molecule has 0 aromatic heterocycles. The lowest BCUT2D eigenvalue weighted by Crippen LogP contribution is -2.58. The van der Waals surface area contributed by atoms with Crippen LogP contribution in [0.2, 0.25) is 0 Å². The molecule has 0 saturated heterocycles. The number of amides is 1. The summed E-state index contributed by atoms with van der Waals surface area (Å²) in [5, 5.41) is 44.3. The SMILES string of the molecule is COc1ccc(C(=O)Cc2ccc(-c3ccc(O)c4c3CC3CC5CC(=O)C(C(N)=O)=C(O)C5(O)C(=O)C3=C4O)cc2)cc1. The van der Waals surface area contributed by atoms with Crippen molar-refractivity contribution in [2.75, 3.05) is 7.11 Å². The van der Waals surface area contributed by atoms with E-state index in [0.717, 1.165) is 11.1 Å². The molecule has 0 spiro atoms. The molecule has 10 heteroatoms. The minimum atomic E-state index is -2.61. The molecule has 3 unspecified atom stereocenters. The van der Waals surface area contributed by atoms with Gasteiger partial charge in [-0.05, 0) is 71.3 Å². The summed E-state index contributed by atoms with van der Waals surface area (Å²) < 4.78 is 5.14. The van der Waals surface area contributed by atoms with E-state index >= 15 is 0 Å². The van der Waals surface area contributed by atoms with Crippen molar-refractivity contribution in [1.82, 2.24) is 0 Å². The number of nitrogens with two attached hydrogens (primary N) is 1. The zero-order valence-corrected chi connectivity index (χ0v) is 23.7. The maximum Gasteiger partial charge on any atom is 0.255 e. The van der Waals surface area contributed by atoms with Crippen LogP contribution in [-0.2, 0) is 27.2 Å². The van der Waals surface area contributed by atoms with Gasteiger partial charge in [0.25, 0.3) is 5.91 Å². The van der Waals surface area contributed by atoms with Crippen LogP contribution in [0.1, 0.15) is 39.9 Å². The zero-order valence-electron chi connectivity index (χ0n) is 23.7. The Balaban J connectivity index is 1.34. The number of phenols is 1. The first-order valence-corrected chi connectivity index (χ1v) is 14.0. The van der Waals surface area contributed by atoms with Crippen LogP contribution in [0.3, 0.4) is 0 Å². The molecule has 1 fully saturated rings. The first-order valence-electron chi connectivity index (χ1n) is 14.0. The number of aliphatic hydroxyl groups is 3. The van der Waals surface area contributed by atoms with Gasteiger partial charge in [-0.3, -0.25) is 19.2 Å². The van der Waals surface area contributed by atoms with Crippen LogP contribution < -0.4 is 10.5 Å². The van der Waals surface area contributed by atoms with E-state index in [1.165, 1.54) is 6.07 Å². The van der Waals surface area contributed by atoms with Crippen LogP contribution >= 0.6 is 0 Å². The van der Waals surface area contributed by atoms with E-state index in [2.05, 4.69) is 0 Å². The Morgan fingerprint density at radius 1 is 0.955 bits per heavy atom. The summed E-state index contributed by atoms with van der Waals surface area (Å²) in [6.45, 7) is 0. The van der Waals surface area contributed by atoms with Gasteiger partial charge >= 0.3 is 0 Å². The number of ether oxygens (including phenoxy) is 1. The number of ketones is 3. The summed E-state index contributed by atoms with van der Waals surface area (Å²) in [6.07, 6.45) is 0.0327. The first-order chi connectivity index (χ1) is 20.9. The van der Waals surface area contributed by atoms with Crippen molar-refractivity contribution in [3.05, 3.63) is 99.8 Å². The molecule has 3 aliphatic rings. The summed E-state index contributed by atoms with van der Waals surface area (Å²) in [7, 11) is 1.55. The van der Waals surface area contributed by atoms with E-state index in [9.17, 15) is 39.6 Å². The molecule has 10 nitrogen and oxygen atoms in total. The van der Waals surface area contributed by atoms with E-state index in [4.69, 9.17) is 10.5 Å². The van der Waals surface area contributed by atoms with Crippen LogP contribution in [0.4, 0.5) is 0 Å². The lowest BCUT2D eigenvalue weighted by molar-refractivity contribution is -0.147. The lowest BCUT2D eigenvalue weighted by atomic mass is 9.59. The third-order valence-electron chi connectivity index (χ3n) is 8.99. The van der Waals surface area contributed by atoms with Gasteiger partial charge in [-0.2, -0.15) is 0 Å². The second-order valence-corrected chi connectivity index (χ2v) is 11.4. The second-order valence-electron chi connectivity index (χ2n) is 11.4. The largest absolute Gasteiger partial charge is 0.508 e. The van der Waals surface area contributed by atoms with Crippen LogP contribution in [0.15, 0.2) is 77.6 Å². The Kier molecular flexibility index (Phi) is 6.89. The van der Waals surface area contributed by atoms with E-state index < -0.39 is 52.0 Å². The van der Waals surface area contributed by atoms with E-state index in [1.54, 1.807) is 37.4 Å². The average Bonchev–Trinajstić information content (AvgIpc) is 2.99. The highest BCUT2D eigenvalue weighted by atomic mass is 16.5. The molecule has 3 aromatic carbocycles. The van der Waals surface area contributed by atoms with Crippen molar-refractivity contribution in [3.8, 4) is 22.6 Å². The van der Waals surface area contributed by atoms with E-state index in [-0.39, 0.29) is 48.4 Å². The number of methoxy groups -OCH3 is 1. The number of aliphatic hydroxyl groups excluding tert-OH is 2. The summed E-state index contributed by atoms with van der Waals surface area (Å²) in [5.41, 5.74) is 4.98. The number of phenolic OH excluding ortho intramolecular Hbond substituents is 1. The molecule has 1 amide bonds. The summed E-state index contributed by atoms with van der Waals surface area (Å²) in [5.74, 6) is -6.10. The number of rotatable bonds is 6. The fourth-order valence-corrected chi connectivity index (χ4v) is 6.76. The highest BCUT2D eigenvalue weighted by Crippen LogP contribution is 2.53. The number of hydrogen-bond acceptors (Lipinski definition) is 9. The molecule has 44 heavy (non-hydrogen) atoms. The number of aromatic hydroxyl groups is 1. The van der Waals surface area contributed by atoms with Crippen molar-refractivity contribution < 1.29 is 44.3 Å². The molecule has 0 aliphatic heterocycles. The van der Waals surface area contributed by atoms with Crippen LogP contribution in [0.25, 0.3) is 16.9 Å². The van der Waals surface area contributed by atoms with Gasteiger partial charge in [0.2, 0.25) is 5.78 Å². The summed E-state index contributed by atoms with van der Waals surface area (Å²) in [4.78, 5) is 50.9. The molecule has 6 rings (SSSR count). The molecular formula is C34H29NO9. The molecular weight excluding hydrogens is 566 g/mol.